The highest BCUT2D eigenvalue weighted by atomic mass is 16.1. The fourth-order valence-electron chi connectivity index (χ4n) is 2.65. The molecule has 0 bridgehead atoms. The predicted octanol–water partition coefficient (Wildman–Crippen LogP) is 3.33. The van der Waals surface area contributed by atoms with Crippen LogP contribution in [-0.2, 0) is 0 Å². The first-order valence-corrected chi connectivity index (χ1v) is 7.62. The molecule has 0 radical (unpaired) electrons. The van der Waals surface area contributed by atoms with Gasteiger partial charge in [0.15, 0.2) is 0 Å². The van der Waals surface area contributed by atoms with Gasteiger partial charge in [0.1, 0.15) is 0 Å². The van der Waals surface area contributed by atoms with Gasteiger partial charge in [-0.1, -0.05) is 50.2 Å². The first-order chi connectivity index (χ1) is 10.2. The Morgan fingerprint density at radius 2 is 1.76 bits per heavy atom. The van der Waals surface area contributed by atoms with Crippen LogP contribution in [0.5, 0.6) is 0 Å². The van der Waals surface area contributed by atoms with Gasteiger partial charge in [0, 0.05) is 12.1 Å². The maximum atomic E-state index is 12.5. The maximum absolute atomic E-state index is 12.5. The van der Waals surface area contributed by atoms with E-state index in [1.807, 2.05) is 42.5 Å². The second-order valence-corrected chi connectivity index (χ2v) is 5.62. The fourth-order valence-corrected chi connectivity index (χ4v) is 2.65. The number of carbonyl (C=O) groups excluding carboxylic acids is 1. The second-order valence-electron chi connectivity index (χ2n) is 5.62. The van der Waals surface area contributed by atoms with E-state index in [4.69, 9.17) is 5.73 Å². The number of carbonyl (C=O) groups is 1. The third kappa shape index (κ3) is 3.24. The third-order valence-corrected chi connectivity index (χ3v) is 4.59. The standard InChI is InChI=1S/C18H24N2O/c1-3-18(4-2,12-19)13-20-17(21)16-11-7-9-14-8-5-6-10-15(14)16/h5-11H,3-4,12-13,19H2,1-2H3,(H,20,21). The van der Waals surface area contributed by atoms with E-state index in [0.29, 0.717) is 13.1 Å². The highest BCUT2D eigenvalue weighted by molar-refractivity contribution is 6.07. The summed E-state index contributed by atoms with van der Waals surface area (Å²) < 4.78 is 0. The van der Waals surface area contributed by atoms with Crippen LogP contribution in [0.15, 0.2) is 42.5 Å². The van der Waals surface area contributed by atoms with Crippen LogP contribution in [0.3, 0.4) is 0 Å². The van der Waals surface area contributed by atoms with Crippen molar-refractivity contribution in [2.45, 2.75) is 26.7 Å². The summed E-state index contributed by atoms with van der Waals surface area (Å²) in [6.07, 6.45) is 1.94. The van der Waals surface area contributed by atoms with Crippen LogP contribution < -0.4 is 11.1 Å². The Balaban J connectivity index is 2.20. The zero-order valence-corrected chi connectivity index (χ0v) is 12.9. The molecule has 0 heterocycles. The molecular formula is C18H24N2O. The average Bonchev–Trinajstić information content (AvgIpc) is 2.56. The Morgan fingerprint density at radius 3 is 2.43 bits per heavy atom. The van der Waals surface area contributed by atoms with Crippen molar-refractivity contribution < 1.29 is 4.79 Å². The van der Waals surface area contributed by atoms with E-state index >= 15 is 0 Å². The second kappa shape index (κ2) is 6.72. The van der Waals surface area contributed by atoms with Gasteiger partial charge in [-0.3, -0.25) is 4.79 Å². The van der Waals surface area contributed by atoms with Crippen molar-refractivity contribution in [3.63, 3.8) is 0 Å². The van der Waals surface area contributed by atoms with Crippen molar-refractivity contribution in [2.75, 3.05) is 13.1 Å². The Morgan fingerprint density at radius 1 is 1.10 bits per heavy atom. The molecule has 0 saturated heterocycles. The van der Waals surface area contributed by atoms with Crippen LogP contribution in [0.1, 0.15) is 37.0 Å². The molecule has 0 aromatic heterocycles. The van der Waals surface area contributed by atoms with Gasteiger partial charge >= 0.3 is 0 Å². The molecular weight excluding hydrogens is 260 g/mol. The van der Waals surface area contributed by atoms with Crippen LogP contribution in [0.4, 0.5) is 0 Å². The zero-order chi connectivity index (χ0) is 15.3. The summed E-state index contributed by atoms with van der Waals surface area (Å²) in [5.41, 5.74) is 6.62. The van der Waals surface area contributed by atoms with Crippen LogP contribution in [-0.4, -0.2) is 19.0 Å². The van der Waals surface area contributed by atoms with Crippen molar-refractivity contribution in [3.05, 3.63) is 48.0 Å². The molecule has 0 unspecified atom stereocenters. The molecule has 0 spiro atoms. The van der Waals surface area contributed by atoms with Crippen molar-refractivity contribution in [1.82, 2.24) is 5.32 Å². The molecule has 0 aliphatic rings. The SMILES string of the molecule is CCC(CC)(CN)CNC(=O)c1cccc2ccccc12. The first kappa shape index (κ1) is 15.5. The van der Waals surface area contributed by atoms with Crippen LogP contribution in [0, 0.1) is 5.41 Å². The average molecular weight is 284 g/mol. The predicted molar refractivity (Wildman–Crippen MR) is 88.4 cm³/mol. The topological polar surface area (TPSA) is 55.1 Å². The molecule has 0 saturated carbocycles. The Kier molecular flexibility index (Phi) is 4.97. The van der Waals surface area contributed by atoms with Crippen LogP contribution in [0.25, 0.3) is 10.8 Å². The summed E-state index contributed by atoms with van der Waals surface area (Å²) in [4.78, 5) is 12.5. The summed E-state index contributed by atoms with van der Waals surface area (Å²) in [6.45, 7) is 5.47. The number of hydrogen-bond acceptors (Lipinski definition) is 2. The lowest BCUT2D eigenvalue weighted by Crippen LogP contribution is -2.41. The van der Waals surface area contributed by atoms with Gasteiger partial charge in [-0.2, -0.15) is 0 Å². The van der Waals surface area contributed by atoms with Gasteiger partial charge in [0.2, 0.25) is 0 Å². The minimum Gasteiger partial charge on any atom is -0.351 e. The van der Waals surface area contributed by atoms with Crippen LogP contribution >= 0.6 is 0 Å². The minimum absolute atomic E-state index is 0.000242. The normalized spacial score (nSPS) is 11.6. The Hall–Kier alpha value is -1.87. The molecule has 2 aromatic carbocycles. The number of rotatable bonds is 6. The molecule has 2 rings (SSSR count). The van der Waals surface area contributed by atoms with Crippen molar-refractivity contribution in [3.8, 4) is 0 Å². The number of fused-ring (bicyclic) bond motifs is 1. The highest BCUT2D eigenvalue weighted by Crippen LogP contribution is 2.24. The maximum Gasteiger partial charge on any atom is 0.251 e. The van der Waals surface area contributed by atoms with Gasteiger partial charge < -0.3 is 11.1 Å². The summed E-state index contributed by atoms with van der Waals surface area (Å²) in [5, 5.41) is 5.14. The van der Waals surface area contributed by atoms with E-state index in [0.717, 1.165) is 29.2 Å². The van der Waals surface area contributed by atoms with Crippen molar-refractivity contribution in [1.29, 1.82) is 0 Å². The summed E-state index contributed by atoms with van der Waals surface area (Å²) >= 11 is 0. The summed E-state index contributed by atoms with van der Waals surface area (Å²) in [7, 11) is 0. The van der Waals surface area contributed by atoms with E-state index in [-0.39, 0.29) is 11.3 Å². The molecule has 3 heteroatoms. The summed E-state index contributed by atoms with van der Waals surface area (Å²) in [5.74, 6) is -0.0217. The van der Waals surface area contributed by atoms with Gasteiger partial charge in [0.05, 0.1) is 0 Å². The lowest BCUT2D eigenvalue weighted by Gasteiger charge is -2.30. The highest BCUT2D eigenvalue weighted by Gasteiger charge is 2.25. The van der Waals surface area contributed by atoms with Crippen molar-refractivity contribution >= 4 is 16.7 Å². The smallest absolute Gasteiger partial charge is 0.251 e. The van der Waals surface area contributed by atoms with E-state index in [9.17, 15) is 4.79 Å². The minimum atomic E-state index is -0.0217. The number of benzene rings is 2. The molecule has 3 nitrogen and oxygen atoms in total. The van der Waals surface area contributed by atoms with E-state index in [1.54, 1.807) is 0 Å². The van der Waals surface area contributed by atoms with Gasteiger partial charge in [-0.15, -0.1) is 0 Å². The Labute approximate surface area is 126 Å². The van der Waals surface area contributed by atoms with Crippen LogP contribution in [0.2, 0.25) is 0 Å². The lowest BCUT2D eigenvalue weighted by molar-refractivity contribution is 0.0930. The fraction of sp³-hybridized carbons (Fsp3) is 0.389. The number of amides is 1. The number of hydrogen-bond donors (Lipinski definition) is 2. The molecule has 112 valence electrons. The third-order valence-electron chi connectivity index (χ3n) is 4.59. The zero-order valence-electron chi connectivity index (χ0n) is 12.9. The lowest BCUT2D eigenvalue weighted by atomic mass is 9.82. The Bertz CT molecular complexity index is 604. The molecule has 0 aliphatic carbocycles. The first-order valence-electron chi connectivity index (χ1n) is 7.62. The molecule has 1 amide bonds. The molecule has 3 N–H and O–H groups in total. The number of nitrogens with one attached hydrogen (secondary N) is 1. The quantitative estimate of drug-likeness (QED) is 0.855. The number of nitrogens with two attached hydrogens (primary N) is 1. The van der Waals surface area contributed by atoms with Crippen molar-refractivity contribution in [2.24, 2.45) is 11.1 Å². The monoisotopic (exact) mass is 284 g/mol. The molecule has 2 aromatic rings. The summed E-state index contributed by atoms with van der Waals surface area (Å²) in [6, 6.07) is 13.8. The molecule has 0 aliphatic heterocycles. The van der Waals surface area contributed by atoms with E-state index in [2.05, 4.69) is 19.2 Å². The molecule has 0 atom stereocenters. The van der Waals surface area contributed by atoms with Gasteiger partial charge in [-0.05, 0) is 41.6 Å². The largest absolute Gasteiger partial charge is 0.351 e. The van der Waals surface area contributed by atoms with Gasteiger partial charge in [0.25, 0.3) is 5.91 Å². The van der Waals surface area contributed by atoms with Gasteiger partial charge in [-0.25, -0.2) is 0 Å². The molecule has 21 heavy (non-hydrogen) atoms. The molecule has 0 fully saturated rings. The van der Waals surface area contributed by atoms with E-state index in [1.165, 1.54) is 0 Å². The van der Waals surface area contributed by atoms with E-state index < -0.39 is 0 Å².